The van der Waals surface area contributed by atoms with E-state index in [-0.39, 0.29) is 6.04 Å². The first-order valence-electron chi connectivity index (χ1n) is 5.79. The maximum Gasteiger partial charge on any atom is 0.146 e. The zero-order chi connectivity index (χ0) is 13.8. The number of nitrogens with one attached hydrogen (secondary N) is 1. The van der Waals surface area contributed by atoms with E-state index < -0.39 is 0 Å². The average molecular weight is 297 g/mol. The van der Waals surface area contributed by atoms with Gasteiger partial charge in [-0.05, 0) is 42.8 Å². The highest BCUT2D eigenvalue weighted by molar-refractivity contribution is 6.35. The fourth-order valence-electron chi connectivity index (χ4n) is 1.61. The van der Waals surface area contributed by atoms with Crippen molar-refractivity contribution in [3.63, 3.8) is 0 Å². The third kappa shape index (κ3) is 3.61. The Morgan fingerprint density at radius 3 is 2.37 bits per heavy atom. The van der Waals surface area contributed by atoms with Crippen molar-refractivity contribution < 1.29 is 4.74 Å². The summed E-state index contributed by atoms with van der Waals surface area (Å²) in [5.41, 5.74) is 3.77. The van der Waals surface area contributed by atoms with E-state index in [1.165, 1.54) is 0 Å². The van der Waals surface area contributed by atoms with Crippen LogP contribution in [0.4, 0.5) is 0 Å². The van der Waals surface area contributed by atoms with Crippen molar-refractivity contribution in [2.24, 2.45) is 5.84 Å². The molecular formula is C14H14Cl2N2O. The van der Waals surface area contributed by atoms with Crippen molar-refractivity contribution in [1.82, 2.24) is 5.43 Å². The van der Waals surface area contributed by atoms with Crippen LogP contribution in [0, 0.1) is 0 Å². The Labute approximate surface area is 122 Å². The van der Waals surface area contributed by atoms with Crippen LogP contribution in [0.5, 0.6) is 11.5 Å². The molecule has 0 bridgehead atoms. The lowest BCUT2D eigenvalue weighted by atomic mass is 10.1. The largest absolute Gasteiger partial charge is 0.456 e. The average Bonchev–Trinajstić information content (AvgIpc) is 2.42. The molecule has 19 heavy (non-hydrogen) atoms. The van der Waals surface area contributed by atoms with Gasteiger partial charge in [0.05, 0.1) is 5.02 Å². The number of ether oxygens (including phenoxy) is 1. The third-order valence-corrected chi connectivity index (χ3v) is 3.28. The highest BCUT2D eigenvalue weighted by Crippen LogP contribution is 2.31. The van der Waals surface area contributed by atoms with Gasteiger partial charge >= 0.3 is 0 Å². The number of hydrogen-bond donors (Lipinski definition) is 2. The molecule has 0 fully saturated rings. The summed E-state index contributed by atoms with van der Waals surface area (Å²) >= 11 is 11.9. The van der Waals surface area contributed by atoms with E-state index in [9.17, 15) is 0 Å². The predicted octanol–water partition coefficient (Wildman–Crippen LogP) is 4.31. The number of hydrazine groups is 1. The molecule has 0 heterocycles. The van der Waals surface area contributed by atoms with Crippen molar-refractivity contribution in [3.05, 3.63) is 58.1 Å². The van der Waals surface area contributed by atoms with Gasteiger partial charge in [-0.1, -0.05) is 35.3 Å². The van der Waals surface area contributed by atoms with Gasteiger partial charge in [-0.3, -0.25) is 11.3 Å². The molecule has 2 aromatic rings. The Kier molecular flexibility index (Phi) is 4.66. The molecule has 2 aromatic carbocycles. The van der Waals surface area contributed by atoms with Crippen LogP contribution in [0.1, 0.15) is 18.5 Å². The molecule has 0 aliphatic heterocycles. The van der Waals surface area contributed by atoms with Crippen LogP contribution in [-0.2, 0) is 0 Å². The molecule has 0 unspecified atom stereocenters. The molecule has 0 aliphatic rings. The van der Waals surface area contributed by atoms with E-state index in [2.05, 4.69) is 5.43 Å². The Hall–Kier alpha value is -1.26. The lowest BCUT2D eigenvalue weighted by Gasteiger charge is -2.12. The molecule has 100 valence electrons. The first-order chi connectivity index (χ1) is 9.10. The molecule has 0 radical (unpaired) electrons. The van der Waals surface area contributed by atoms with Gasteiger partial charge in [-0.15, -0.1) is 0 Å². The topological polar surface area (TPSA) is 47.3 Å². The zero-order valence-corrected chi connectivity index (χ0v) is 11.9. The van der Waals surface area contributed by atoms with Gasteiger partial charge in [0.25, 0.3) is 0 Å². The maximum atomic E-state index is 6.05. The van der Waals surface area contributed by atoms with Crippen molar-refractivity contribution in [1.29, 1.82) is 0 Å². The second kappa shape index (κ2) is 6.26. The molecule has 0 spiro atoms. The van der Waals surface area contributed by atoms with E-state index in [4.69, 9.17) is 33.8 Å². The summed E-state index contributed by atoms with van der Waals surface area (Å²) in [5.74, 6) is 6.67. The second-order valence-corrected chi connectivity index (χ2v) is 4.98. The van der Waals surface area contributed by atoms with Gasteiger partial charge in [0.2, 0.25) is 0 Å². The standard InChI is InChI=1S/C14H14Cl2N2O/c1-9(18-17)10-2-5-12(6-3-10)19-14-7-4-11(15)8-13(14)16/h2-9,18H,17H2,1H3/t9-/m1/s1. The van der Waals surface area contributed by atoms with E-state index in [0.29, 0.717) is 21.5 Å². The molecule has 5 heteroatoms. The highest BCUT2D eigenvalue weighted by atomic mass is 35.5. The zero-order valence-electron chi connectivity index (χ0n) is 10.4. The predicted molar refractivity (Wildman–Crippen MR) is 78.7 cm³/mol. The van der Waals surface area contributed by atoms with Crippen LogP contribution < -0.4 is 16.0 Å². The SMILES string of the molecule is C[C@@H](NN)c1ccc(Oc2ccc(Cl)cc2Cl)cc1. The first kappa shape index (κ1) is 14.2. The van der Waals surface area contributed by atoms with E-state index in [1.54, 1.807) is 18.2 Å². The van der Waals surface area contributed by atoms with Crippen LogP contribution in [-0.4, -0.2) is 0 Å². The molecule has 0 saturated heterocycles. The summed E-state index contributed by atoms with van der Waals surface area (Å²) in [5, 5.41) is 1.06. The molecule has 1 atom stereocenters. The molecule has 0 aromatic heterocycles. The van der Waals surface area contributed by atoms with Crippen LogP contribution >= 0.6 is 23.2 Å². The van der Waals surface area contributed by atoms with Crippen LogP contribution in [0.2, 0.25) is 10.0 Å². The lowest BCUT2D eigenvalue weighted by Crippen LogP contribution is -2.25. The quantitative estimate of drug-likeness (QED) is 0.653. The van der Waals surface area contributed by atoms with E-state index in [0.717, 1.165) is 5.56 Å². The monoisotopic (exact) mass is 296 g/mol. The summed E-state index contributed by atoms with van der Waals surface area (Å²) in [6, 6.07) is 12.8. The van der Waals surface area contributed by atoms with Gasteiger partial charge in [0, 0.05) is 11.1 Å². The fraction of sp³-hybridized carbons (Fsp3) is 0.143. The van der Waals surface area contributed by atoms with E-state index >= 15 is 0 Å². The number of benzene rings is 2. The van der Waals surface area contributed by atoms with Crippen molar-refractivity contribution in [2.45, 2.75) is 13.0 Å². The normalized spacial score (nSPS) is 12.2. The molecule has 3 N–H and O–H groups in total. The van der Waals surface area contributed by atoms with Gasteiger partial charge in [0.1, 0.15) is 11.5 Å². The highest BCUT2D eigenvalue weighted by Gasteiger charge is 2.06. The Morgan fingerprint density at radius 1 is 1.11 bits per heavy atom. The number of nitrogens with two attached hydrogens (primary N) is 1. The van der Waals surface area contributed by atoms with Gasteiger partial charge in [0.15, 0.2) is 0 Å². The van der Waals surface area contributed by atoms with Crippen LogP contribution in [0.15, 0.2) is 42.5 Å². The smallest absolute Gasteiger partial charge is 0.146 e. The number of halogens is 2. The Balaban J connectivity index is 2.15. The molecule has 2 rings (SSSR count). The van der Waals surface area contributed by atoms with Crippen LogP contribution in [0.25, 0.3) is 0 Å². The second-order valence-electron chi connectivity index (χ2n) is 4.13. The van der Waals surface area contributed by atoms with Crippen LogP contribution in [0.3, 0.4) is 0 Å². The van der Waals surface area contributed by atoms with E-state index in [1.807, 2.05) is 31.2 Å². The minimum Gasteiger partial charge on any atom is -0.456 e. The Morgan fingerprint density at radius 2 is 1.79 bits per heavy atom. The summed E-state index contributed by atoms with van der Waals surface area (Å²) in [7, 11) is 0. The summed E-state index contributed by atoms with van der Waals surface area (Å²) in [6.07, 6.45) is 0. The maximum absolute atomic E-state index is 6.05. The summed E-state index contributed by atoms with van der Waals surface area (Å²) < 4.78 is 5.69. The summed E-state index contributed by atoms with van der Waals surface area (Å²) in [4.78, 5) is 0. The minimum atomic E-state index is 0.0909. The fourth-order valence-corrected chi connectivity index (χ4v) is 2.05. The molecule has 0 aliphatic carbocycles. The minimum absolute atomic E-state index is 0.0909. The first-order valence-corrected chi connectivity index (χ1v) is 6.54. The number of hydrogen-bond acceptors (Lipinski definition) is 3. The molecule has 0 amide bonds. The summed E-state index contributed by atoms with van der Waals surface area (Å²) in [6.45, 7) is 1.98. The molecule has 0 saturated carbocycles. The third-order valence-electron chi connectivity index (χ3n) is 2.75. The molecule has 3 nitrogen and oxygen atoms in total. The Bertz CT molecular complexity index is 558. The van der Waals surface area contributed by atoms with Crippen molar-refractivity contribution in [2.75, 3.05) is 0 Å². The van der Waals surface area contributed by atoms with Gasteiger partial charge < -0.3 is 4.74 Å². The van der Waals surface area contributed by atoms with Gasteiger partial charge in [-0.2, -0.15) is 0 Å². The lowest BCUT2D eigenvalue weighted by molar-refractivity contribution is 0.482. The van der Waals surface area contributed by atoms with Crippen molar-refractivity contribution >= 4 is 23.2 Å². The van der Waals surface area contributed by atoms with Crippen molar-refractivity contribution in [3.8, 4) is 11.5 Å². The van der Waals surface area contributed by atoms with Gasteiger partial charge in [-0.25, -0.2) is 0 Å². The number of rotatable bonds is 4. The molecular weight excluding hydrogens is 283 g/mol.